The predicted octanol–water partition coefficient (Wildman–Crippen LogP) is 2.92. The van der Waals surface area contributed by atoms with E-state index in [-0.39, 0.29) is 12.1 Å². The Hall–Kier alpha value is -1.23. The standard InChI is InChI=1S/C16H21NO2S/c1-12-8-9-15(14-7-5-4-6-13(12)14)20(19)17-16(2,3)10-11-18/h4-9,17-18H,10-11H2,1-3H3. The van der Waals surface area contributed by atoms with Crippen LogP contribution >= 0.6 is 0 Å². The van der Waals surface area contributed by atoms with Crippen LogP contribution in [0.25, 0.3) is 10.8 Å². The van der Waals surface area contributed by atoms with Gasteiger partial charge in [0, 0.05) is 12.1 Å². The summed E-state index contributed by atoms with van der Waals surface area (Å²) in [7, 11) is -1.30. The number of aliphatic hydroxyl groups is 1. The summed E-state index contributed by atoms with van der Waals surface area (Å²) in [6, 6.07) is 11.9. The van der Waals surface area contributed by atoms with Gasteiger partial charge in [-0.3, -0.25) is 0 Å². The van der Waals surface area contributed by atoms with Gasteiger partial charge in [-0.05, 0) is 49.6 Å². The first kappa shape index (κ1) is 15.2. The number of hydrogen-bond acceptors (Lipinski definition) is 2. The zero-order chi connectivity index (χ0) is 14.8. The highest BCUT2D eigenvalue weighted by Crippen LogP contribution is 2.25. The molecule has 0 radical (unpaired) electrons. The molecule has 0 aromatic heterocycles. The van der Waals surface area contributed by atoms with Crippen LogP contribution in [0, 0.1) is 6.92 Å². The van der Waals surface area contributed by atoms with Crippen molar-refractivity contribution in [1.82, 2.24) is 4.72 Å². The second-order valence-electron chi connectivity index (χ2n) is 5.65. The fraction of sp³-hybridized carbons (Fsp3) is 0.375. The van der Waals surface area contributed by atoms with Crippen LogP contribution in [0.1, 0.15) is 25.8 Å². The third-order valence-corrected chi connectivity index (χ3v) is 4.90. The number of benzene rings is 2. The minimum absolute atomic E-state index is 0.0752. The van der Waals surface area contributed by atoms with Crippen LogP contribution in [0.3, 0.4) is 0 Å². The van der Waals surface area contributed by atoms with Crippen LogP contribution in [0.5, 0.6) is 0 Å². The van der Waals surface area contributed by atoms with Crippen LogP contribution in [-0.4, -0.2) is 21.5 Å². The van der Waals surface area contributed by atoms with E-state index < -0.39 is 11.0 Å². The lowest BCUT2D eigenvalue weighted by Crippen LogP contribution is -2.41. The Morgan fingerprint density at radius 1 is 1.15 bits per heavy atom. The van der Waals surface area contributed by atoms with Crippen molar-refractivity contribution in [3.63, 3.8) is 0 Å². The van der Waals surface area contributed by atoms with Crippen molar-refractivity contribution >= 4 is 21.8 Å². The number of nitrogens with one attached hydrogen (secondary N) is 1. The summed E-state index contributed by atoms with van der Waals surface area (Å²) in [5, 5.41) is 11.2. The first-order valence-corrected chi connectivity index (χ1v) is 7.88. The SMILES string of the molecule is Cc1ccc(S(=O)NC(C)(C)CCO)c2ccccc12. The highest BCUT2D eigenvalue weighted by molar-refractivity contribution is 7.83. The average molecular weight is 291 g/mol. The Balaban J connectivity index is 2.38. The van der Waals surface area contributed by atoms with Gasteiger partial charge in [-0.2, -0.15) is 0 Å². The molecule has 0 saturated carbocycles. The Morgan fingerprint density at radius 2 is 1.80 bits per heavy atom. The van der Waals surface area contributed by atoms with Gasteiger partial charge in [0.05, 0.1) is 4.90 Å². The third-order valence-electron chi connectivity index (χ3n) is 3.41. The van der Waals surface area contributed by atoms with E-state index in [1.165, 1.54) is 5.56 Å². The molecule has 0 spiro atoms. The van der Waals surface area contributed by atoms with E-state index in [9.17, 15) is 4.21 Å². The highest BCUT2D eigenvalue weighted by Gasteiger charge is 2.21. The number of aliphatic hydroxyl groups excluding tert-OH is 1. The molecule has 3 nitrogen and oxygen atoms in total. The Labute approximate surface area is 122 Å². The molecule has 2 rings (SSSR count). The molecule has 0 saturated heterocycles. The van der Waals surface area contributed by atoms with Gasteiger partial charge in [-0.15, -0.1) is 0 Å². The van der Waals surface area contributed by atoms with E-state index in [1.54, 1.807) is 0 Å². The lowest BCUT2D eigenvalue weighted by atomic mass is 10.0. The summed E-state index contributed by atoms with van der Waals surface area (Å²) >= 11 is 0. The molecule has 2 N–H and O–H groups in total. The van der Waals surface area contributed by atoms with Crippen LogP contribution < -0.4 is 4.72 Å². The molecule has 1 unspecified atom stereocenters. The molecule has 2 aromatic rings. The zero-order valence-corrected chi connectivity index (χ0v) is 13.0. The fourth-order valence-corrected chi connectivity index (χ4v) is 3.50. The summed E-state index contributed by atoms with van der Waals surface area (Å²) in [6.07, 6.45) is 0.558. The van der Waals surface area contributed by atoms with E-state index in [2.05, 4.69) is 11.6 Å². The quantitative estimate of drug-likeness (QED) is 0.890. The number of fused-ring (bicyclic) bond motifs is 1. The maximum atomic E-state index is 12.6. The third kappa shape index (κ3) is 3.26. The van der Waals surface area contributed by atoms with Gasteiger partial charge in [0.2, 0.25) is 0 Å². The van der Waals surface area contributed by atoms with Crippen molar-refractivity contribution in [1.29, 1.82) is 0 Å². The van der Waals surface area contributed by atoms with Gasteiger partial charge in [-0.1, -0.05) is 30.3 Å². The number of aryl methyl sites for hydroxylation is 1. The molecule has 0 aliphatic rings. The van der Waals surface area contributed by atoms with E-state index in [0.717, 1.165) is 15.7 Å². The Bertz CT molecular complexity index is 637. The largest absolute Gasteiger partial charge is 0.396 e. The predicted molar refractivity (Wildman–Crippen MR) is 84.0 cm³/mol. The lowest BCUT2D eigenvalue weighted by molar-refractivity contribution is 0.247. The minimum atomic E-state index is -1.30. The highest BCUT2D eigenvalue weighted by atomic mass is 32.2. The molecule has 20 heavy (non-hydrogen) atoms. The molecule has 0 aliphatic heterocycles. The molecular weight excluding hydrogens is 270 g/mol. The van der Waals surface area contributed by atoms with Crippen LogP contribution in [0.4, 0.5) is 0 Å². The second kappa shape index (κ2) is 6.04. The summed E-state index contributed by atoms with van der Waals surface area (Å²) in [5.41, 5.74) is 0.807. The fourth-order valence-electron chi connectivity index (χ4n) is 2.22. The summed E-state index contributed by atoms with van der Waals surface area (Å²) in [5.74, 6) is 0. The molecule has 108 valence electrons. The van der Waals surface area contributed by atoms with E-state index >= 15 is 0 Å². The van der Waals surface area contributed by atoms with Gasteiger partial charge in [0.15, 0.2) is 0 Å². The molecule has 2 aromatic carbocycles. The molecule has 4 heteroatoms. The maximum absolute atomic E-state index is 12.6. The van der Waals surface area contributed by atoms with Gasteiger partial charge in [0.25, 0.3) is 0 Å². The average Bonchev–Trinajstić information content (AvgIpc) is 2.38. The zero-order valence-electron chi connectivity index (χ0n) is 12.1. The smallest absolute Gasteiger partial charge is 0.126 e. The van der Waals surface area contributed by atoms with Gasteiger partial charge < -0.3 is 5.11 Å². The van der Waals surface area contributed by atoms with Crippen LogP contribution in [0.2, 0.25) is 0 Å². The van der Waals surface area contributed by atoms with Crippen molar-refractivity contribution in [3.05, 3.63) is 42.0 Å². The van der Waals surface area contributed by atoms with E-state index in [1.807, 2.05) is 50.2 Å². The minimum Gasteiger partial charge on any atom is -0.396 e. The van der Waals surface area contributed by atoms with Crippen LogP contribution in [0.15, 0.2) is 41.3 Å². The van der Waals surface area contributed by atoms with Crippen LogP contribution in [-0.2, 0) is 11.0 Å². The summed E-state index contributed by atoms with van der Waals surface area (Å²) in [4.78, 5) is 0.789. The van der Waals surface area contributed by atoms with Crippen molar-refractivity contribution in [2.24, 2.45) is 0 Å². The van der Waals surface area contributed by atoms with Crippen molar-refractivity contribution < 1.29 is 9.32 Å². The van der Waals surface area contributed by atoms with Crippen molar-refractivity contribution in [2.75, 3.05) is 6.61 Å². The Morgan fingerprint density at radius 3 is 2.45 bits per heavy atom. The molecular formula is C16H21NO2S. The summed E-state index contributed by atoms with van der Waals surface area (Å²) in [6.45, 7) is 6.01. The van der Waals surface area contributed by atoms with Crippen molar-refractivity contribution in [2.45, 2.75) is 37.6 Å². The van der Waals surface area contributed by atoms with Gasteiger partial charge in [0.1, 0.15) is 11.0 Å². The Kier molecular flexibility index (Phi) is 4.58. The molecule has 0 amide bonds. The van der Waals surface area contributed by atoms with Crippen molar-refractivity contribution in [3.8, 4) is 0 Å². The second-order valence-corrected chi connectivity index (χ2v) is 6.84. The molecule has 1 atom stereocenters. The number of rotatable bonds is 5. The van der Waals surface area contributed by atoms with E-state index in [4.69, 9.17) is 5.11 Å². The van der Waals surface area contributed by atoms with E-state index in [0.29, 0.717) is 6.42 Å². The molecule has 0 fully saturated rings. The molecule has 0 aliphatic carbocycles. The van der Waals surface area contributed by atoms with Gasteiger partial charge >= 0.3 is 0 Å². The first-order valence-electron chi connectivity index (χ1n) is 6.73. The van der Waals surface area contributed by atoms with Gasteiger partial charge in [-0.25, -0.2) is 8.93 Å². The lowest BCUT2D eigenvalue weighted by Gasteiger charge is -2.25. The first-order chi connectivity index (χ1) is 9.44. The topological polar surface area (TPSA) is 49.3 Å². The maximum Gasteiger partial charge on any atom is 0.126 e. The summed E-state index contributed by atoms with van der Waals surface area (Å²) < 4.78 is 15.7. The number of hydrogen-bond donors (Lipinski definition) is 2. The molecule has 0 bridgehead atoms. The molecule has 0 heterocycles. The normalized spacial score (nSPS) is 13.6. The monoisotopic (exact) mass is 291 g/mol.